The number of benzene rings is 5. The van der Waals surface area contributed by atoms with E-state index in [0.717, 1.165) is 71.3 Å². The van der Waals surface area contributed by atoms with Crippen molar-refractivity contribution in [3.63, 3.8) is 0 Å². The van der Waals surface area contributed by atoms with Gasteiger partial charge in [-0.05, 0) is 75.8 Å². The van der Waals surface area contributed by atoms with Crippen LogP contribution in [0.4, 0.5) is 0 Å². The number of fused-ring (bicyclic) bond motifs is 1. The zero-order valence-corrected chi connectivity index (χ0v) is 26.8. The van der Waals surface area contributed by atoms with Gasteiger partial charge in [0.1, 0.15) is 0 Å². The largest absolute Gasteiger partial charge is 0.264 e. The highest BCUT2D eigenvalue weighted by atomic mass is 79.9. The fourth-order valence-corrected chi connectivity index (χ4v) is 6.42. The second-order valence-corrected chi connectivity index (χ2v) is 12.2. The van der Waals surface area contributed by atoms with Gasteiger partial charge in [0.2, 0.25) is 0 Å². The summed E-state index contributed by atoms with van der Waals surface area (Å²) in [7, 11) is 0. The standard InChI is InChI=1S/C42H27BrN4/c43-36-24-34(37-10-4-12-39-38(37)11-6-22-45-39)23-35(25-36)41-26-40(31-17-13-29(14-18-31)28-7-2-1-3-8-28)46-42(47-41)32-19-15-30(16-20-32)33-9-5-21-44-27-33/h1-27H. The molecule has 4 nitrogen and oxygen atoms in total. The third-order valence-electron chi connectivity index (χ3n) is 8.30. The second-order valence-electron chi connectivity index (χ2n) is 11.3. The van der Waals surface area contributed by atoms with Gasteiger partial charge in [-0.1, -0.05) is 119 Å². The van der Waals surface area contributed by atoms with Crippen molar-refractivity contribution in [2.45, 2.75) is 0 Å². The number of nitrogens with zero attached hydrogens (tertiary/aromatic N) is 4. The van der Waals surface area contributed by atoms with Crippen LogP contribution in [0.3, 0.4) is 0 Å². The molecular weight excluding hydrogens is 640 g/mol. The van der Waals surface area contributed by atoms with Crippen LogP contribution in [-0.2, 0) is 0 Å². The van der Waals surface area contributed by atoms with Gasteiger partial charge in [-0.25, -0.2) is 9.97 Å². The summed E-state index contributed by atoms with van der Waals surface area (Å²) in [5.41, 5.74) is 12.3. The van der Waals surface area contributed by atoms with Crippen LogP contribution < -0.4 is 0 Å². The molecule has 0 aliphatic carbocycles. The third kappa shape index (κ3) is 5.97. The summed E-state index contributed by atoms with van der Waals surface area (Å²) in [6.07, 6.45) is 5.49. The van der Waals surface area contributed by atoms with E-state index in [0.29, 0.717) is 5.82 Å². The lowest BCUT2D eigenvalue weighted by Gasteiger charge is -2.13. The van der Waals surface area contributed by atoms with Gasteiger partial charge in [0, 0.05) is 45.1 Å². The lowest BCUT2D eigenvalue weighted by atomic mass is 9.97. The first kappa shape index (κ1) is 28.7. The van der Waals surface area contributed by atoms with Crippen molar-refractivity contribution in [2.24, 2.45) is 0 Å². The van der Waals surface area contributed by atoms with Gasteiger partial charge < -0.3 is 0 Å². The minimum absolute atomic E-state index is 0.665. The lowest BCUT2D eigenvalue weighted by molar-refractivity contribution is 1.18. The van der Waals surface area contributed by atoms with Crippen molar-refractivity contribution in [1.29, 1.82) is 0 Å². The fourth-order valence-electron chi connectivity index (χ4n) is 5.93. The molecule has 0 fully saturated rings. The number of halogens is 1. The van der Waals surface area contributed by atoms with Gasteiger partial charge >= 0.3 is 0 Å². The number of hydrogen-bond donors (Lipinski definition) is 0. The molecule has 0 saturated heterocycles. The smallest absolute Gasteiger partial charge is 0.160 e. The first-order valence-electron chi connectivity index (χ1n) is 15.4. The molecule has 0 saturated carbocycles. The minimum atomic E-state index is 0.665. The number of aromatic nitrogens is 4. The highest BCUT2D eigenvalue weighted by molar-refractivity contribution is 9.10. The zero-order valence-electron chi connectivity index (χ0n) is 25.3. The SMILES string of the molecule is Brc1cc(-c2cc(-c3ccc(-c4ccccc4)cc3)nc(-c3ccc(-c4cccnc4)cc3)n2)cc(-c2cccc3ncccc23)c1. The monoisotopic (exact) mass is 666 g/mol. The number of rotatable bonds is 6. The molecule has 5 heteroatoms. The van der Waals surface area contributed by atoms with Crippen LogP contribution in [0.15, 0.2) is 169 Å². The van der Waals surface area contributed by atoms with E-state index < -0.39 is 0 Å². The van der Waals surface area contributed by atoms with Crippen molar-refractivity contribution in [2.75, 3.05) is 0 Å². The van der Waals surface area contributed by atoms with E-state index in [9.17, 15) is 0 Å². The predicted octanol–water partition coefficient (Wildman–Crippen LogP) is 11.2. The Labute approximate surface area is 281 Å². The molecule has 0 spiro atoms. The molecule has 222 valence electrons. The Bertz CT molecular complexity index is 2230. The molecule has 3 heterocycles. The van der Waals surface area contributed by atoms with Gasteiger partial charge in [0.25, 0.3) is 0 Å². The summed E-state index contributed by atoms with van der Waals surface area (Å²) in [4.78, 5) is 19.1. The van der Waals surface area contributed by atoms with Gasteiger partial charge in [-0.3, -0.25) is 9.97 Å². The average molecular weight is 668 g/mol. The zero-order chi connectivity index (χ0) is 31.6. The number of hydrogen-bond acceptors (Lipinski definition) is 4. The Morgan fingerprint density at radius 2 is 1.06 bits per heavy atom. The Balaban J connectivity index is 1.25. The van der Waals surface area contributed by atoms with Gasteiger partial charge in [0.15, 0.2) is 5.82 Å². The molecular formula is C42H27BrN4. The molecule has 0 amide bonds. The lowest BCUT2D eigenvalue weighted by Crippen LogP contribution is -1.96. The molecule has 0 radical (unpaired) electrons. The first-order valence-corrected chi connectivity index (χ1v) is 16.2. The van der Waals surface area contributed by atoms with E-state index in [2.05, 4.69) is 147 Å². The summed E-state index contributed by atoms with van der Waals surface area (Å²) in [6, 6.07) is 50.3. The summed E-state index contributed by atoms with van der Waals surface area (Å²) in [6.45, 7) is 0. The topological polar surface area (TPSA) is 51.6 Å². The van der Waals surface area contributed by atoms with Crippen LogP contribution in [0.2, 0.25) is 0 Å². The molecule has 0 atom stereocenters. The van der Waals surface area contributed by atoms with E-state index in [4.69, 9.17) is 9.97 Å². The normalized spacial score (nSPS) is 11.1. The highest BCUT2D eigenvalue weighted by Gasteiger charge is 2.14. The maximum atomic E-state index is 5.15. The van der Waals surface area contributed by atoms with Crippen molar-refractivity contribution < 1.29 is 0 Å². The first-order chi connectivity index (χ1) is 23.2. The van der Waals surface area contributed by atoms with Gasteiger partial charge in [0.05, 0.1) is 16.9 Å². The minimum Gasteiger partial charge on any atom is -0.264 e. The molecule has 3 aromatic heterocycles. The molecule has 0 N–H and O–H groups in total. The maximum Gasteiger partial charge on any atom is 0.160 e. The van der Waals surface area contributed by atoms with Crippen LogP contribution in [0.1, 0.15) is 0 Å². The van der Waals surface area contributed by atoms with E-state index in [1.807, 2.05) is 36.7 Å². The predicted molar refractivity (Wildman–Crippen MR) is 195 cm³/mol. The highest BCUT2D eigenvalue weighted by Crippen LogP contribution is 2.36. The summed E-state index contributed by atoms with van der Waals surface area (Å²) >= 11 is 3.79. The van der Waals surface area contributed by atoms with E-state index in [-0.39, 0.29) is 0 Å². The Morgan fingerprint density at radius 1 is 0.426 bits per heavy atom. The van der Waals surface area contributed by atoms with Crippen LogP contribution in [0, 0.1) is 0 Å². The van der Waals surface area contributed by atoms with Gasteiger partial charge in [-0.15, -0.1) is 0 Å². The summed E-state index contributed by atoms with van der Waals surface area (Å²) in [5.74, 6) is 0.665. The van der Waals surface area contributed by atoms with E-state index in [1.165, 1.54) is 5.56 Å². The second kappa shape index (κ2) is 12.5. The van der Waals surface area contributed by atoms with Crippen molar-refractivity contribution >= 4 is 26.8 Å². The van der Waals surface area contributed by atoms with Gasteiger partial charge in [-0.2, -0.15) is 0 Å². The Kier molecular flexibility index (Phi) is 7.66. The Morgan fingerprint density at radius 3 is 1.83 bits per heavy atom. The summed E-state index contributed by atoms with van der Waals surface area (Å²) in [5, 5.41) is 1.11. The molecule has 47 heavy (non-hydrogen) atoms. The molecule has 5 aromatic carbocycles. The molecule has 0 bridgehead atoms. The molecule has 8 aromatic rings. The number of pyridine rings is 2. The van der Waals surface area contributed by atoms with Crippen LogP contribution >= 0.6 is 15.9 Å². The molecule has 0 unspecified atom stereocenters. The van der Waals surface area contributed by atoms with Crippen LogP contribution in [-0.4, -0.2) is 19.9 Å². The molecule has 8 rings (SSSR count). The molecule has 0 aliphatic heterocycles. The van der Waals surface area contributed by atoms with E-state index in [1.54, 1.807) is 6.20 Å². The van der Waals surface area contributed by atoms with Crippen LogP contribution in [0.5, 0.6) is 0 Å². The Hall–Kier alpha value is -5.78. The van der Waals surface area contributed by atoms with Crippen molar-refractivity contribution in [1.82, 2.24) is 19.9 Å². The maximum absolute atomic E-state index is 5.15. The quantitative estimate of drug-likeness (QED) is 0.177. The summed E-state index contributed by atoms with van der Waals surface area (Å²) < 4.78 is 0.973. The molecule has 0 aliphatic rings. The van der Waals surface area contributed by atoms with Crippen LogP contribution in [0.25, 0.3) is 78.2 Å². The average Bonchev–Trinajstić information content (AvgIpc) is 3.15. The van der Waals surface area contributed by atoms with Crippen molar-refractivity contribution in [3.05, 3.63) is 169 Å². The van der Waals surface area contributed by atoms with Crippen molar-refractivity contribution in [3.8, 4) is 67.3 Å². The third-order valence-corrected chi connectivity index (χ3v) is 8.76. The van der Waals surface area contributed by atoms with E-state index >= 15 is 0 Å². The fraction of sp³-hybridized carbons (Fsp3) is 0.